The molecule has 1 saturated heterocycles. The molecular weight excluding hydrogens is 414 g/mol. The van der Waals surface area contributed by atoms with Gasteiger partial charge in [-0.25, -0.2) is 8.42 Å². The summed E-state index contributed by atoms with van der Waals surface area (Å²) in [6.07, 6.45) is 2.21. The molecule has 0 unspecified atom stereocenters. The van der Waals surface area contributed by atoms with Crippen LogP contribution in [0.3, 0.4) is 0 Å². The molecule has 0 spiro atoms. The number of carbonyl (C=O) groups is 1. The number of carbonyl (C=O) groups excluding carboxylic acids is 1. The maximum atomic E-state index is 12.8. The van der Waals surface area contributed by atoms with Crippen molar-refractivity contribution in [2.45, 2.75) is 24.7 Å². The van der Waals surface area contributed by atoms with Gasteiger partial charge in [-0.2, -0.15) is 14.8 Å². The number of allylic oxidation sites excluding steroid dienone is 1. The molecule has 3 rings (SSSR count). The zero-order valence-electron chi connectivity index (χ0n) is 17.0. The van der Waals surface area contributed by atoms with Gasteiger partial charge in [0.2, 0.25) is 10.0 Å². The van der Waals surface area contributed by atoms with E-state index in [0.717, 1.165) is 5.56 Å². The summed E-state index contributed by atoms with van der Waals surface area (Å²) in [5.41, 5.74) is 1.62. The maximum absolute atomic E-state index is 12.8. The predicted molar refractivity (Wildman–Crippen MR) is 114 cm³/mol. The number of sulfonamides is 1. The van der Waals surface area contributed by atoms with Gasteiger partial charge >= 0.3 is 5.97 Å². The average Bonchev–Trinajstić information content (AvgIpc) is 2.79. The predicted octanol–water partition coefficient (Wildman–Crippen LogP) is 3.43. The lowest BCUT2D eigenvalue weighted by molar-refractivity contribution is -0.140. The highest BCUT2D eigenvalue weighted by Crippen LogP contribution is 2.26. The highest BCUT2D eigenvalue weighted by atomic mass is 32.2. The van der Waals surface area contributed by atoms with Crippen LogP contribution >= 0.6 is 0 Å². The van der Waals surface area contributed by atoms with Crippen LogP contribution in [0.2, 0.25) is 0 Å². The van der Waals surface area contributed by atoms with Crippen molar-refractivity contribution in [2.24, 2.45) is 5.92 Å². The van der Waals surface area contributed by atoms with Crippen LogP contribution in [0.4, 0.5) is 0 Å². The van der Waals surface area contributed by atoms with Crippen molar-refractivity contribution in [3.8, 4) is 17.9 Å². The second kappa shape index (κ2) is 9.57. The van der Waals surface area contributed by atoms with E-state index in [0.29, 0.717) is 24.2 Å². The lowest BCUT2D eigenvalue weighted by Gasteiger charge is -2.30. The Morgan fingerprint density at radius 2 is 1.61 bits per heavy atom. The van der Waals surface area contributed by atoms with E-state index < -0.39 is 16.0 Å². The minimum atomic E-state index is -3.58. The van der Waals surface area contributed by atoms with Crippen LogP contribution < -0.4 is 4.74 Å². The zero-order valence-corrected chi connectivity index (χ0v) is 17.8. The van der Waals surface area contributed by atoms with E-state index >= 15 is 0 Å². The number of hydrogen-bond acceptors (Lipinski definition) is 6. The zero-order chi connectivity index (χ0) is 22.4. The van der Waals surface area contributed by atoms with E-state index in [9.17, 15) is 13.2 Å². The molecule has 0 radical (unpaired) electrons. The number of hydrogen-bond donors (Lipinski definition) is 0. The van der Waals surface area contributed by atoms with Crippen molar-refractivity contribution in [2.75, 3.05) is 13.1 Å². The molecule has 0 aliphatic carbocycles. The van der Waals surface area contributed by atoms with Gasteiger partial charge in [-0.15, -0.1) is 0 Å². The lowest BCUT2D eigenvalue weighted by Crippen LogP contribution is -2.41. The molecule has 1 heterocycles. The van der Waals surface area contributed by atoms with Crippen molar-refractivity contribution in [1.29, 1.82) is 10.5 Å². The third-order valence-electron chi connectivity index (χ3n) is 5.10. The van der Waals surface area contributed by atoms with E-state index in [4.69, 9.17) is 15.3 Å². The van der Waals surface area contributed by atoms with E-state index in [1.54, 1.807) is 60.7 Å². The Morgan fingerprint density at radius 1 is 1.03 bits per heavy atom. The number of benzene rings is 2. The Labute approximate surface area is 181 Å². The van der Waals surface area contributed by atoms with Gasteiger partial charge in [0, 0.05) is 13.1 Å². The second-order valence-corrected chi connectivity index (χ2v) is 9.20. The van der Waals surface area contributed by atoms with Crippen molar-refractivity contribution in [1.82, 2.24) is 4.31 Å². The summed E-state index contributed by atoms with van der Waals surface area (Å²) in [4.78, 5) is 12.8. The van der Waals surface area contributed by atoms with Crippen LogP contribution in [0.25, 0.3) is 6.08 Å². The fourth-order valence-electron chi connectivity index (χ4n) is 3.28. The van der Waals surface area contributed by atoms with Gasteiger partial charge in [-0.3, -0.25) is 4.79 Å². The third-order valence-corrected chi connectivity index (χ3v) is 7.01. The van der Waals surface area contributed by atoms with Gasteiger partial charge < -0.3 is 4.74 Å². The minimum Gasteiger partial charge on any atom is -0.426 e. The molecule has 1 aliphatic heterocycles. The summed E-state index contributed by atoms with van der Waals surface area (Å²) in [7, 11) is -3.58. The minimum absolute atomic E-state index is 0.0166. The normalized spacial score (nSPS) is 14.8. The topological polar surface area (TPSA) is 111 Å². The first kappa shape index (κ1) is 22.2. The molecular formula is C23H21N3O4S. The highest BCUT2D eigenvalue weighted by Gasteiger charge is 2.33. The molecule has 0 amide bonds. The van der Waals surface area contributed by atoms with Crippen molar-refractivity contribution >= 4 is 22.1 Å². The van der Waals surface area contributed by atoms with E-state index in [1.165, 1.54) is 10.4 Å². The lowest BCUT2D eigenvalue weighted by atomic mass is 9.98. The monoisotopic (exact) mass is 435 g/mol. The summed E-state index contributed by atoms with van der Waals surface area (Å²) < 4.78 is 32.4. The standard InChI is InChI=1S/C23H21N3O4S/c1-17-2-8-22(9-3-17)31(28,29)26-12-10-20(11-13-26)23(27)30-21-6-4-18(5-7-21)14-19(15-24)16-25/h2-9,14,20H,10-13H2,1H3. The Kier molecular flexibility index (Phi) is 6.86. The van der Waals surface area contributed by atoms with E-state index in [2.05, 4.69) is 0 Å². The Balaban J connectivity index is 1.58. The number of aryl methyl sites for hydroxylation is 1. The van der Waals surface area contributed by atoms with Crippen LogP contribution in [0, 0.1) is 35.5 Å². The first-order valence-electron chi connectivity index (χ1n) is 9.74. The first-order valence-corrected chi connectivity index (χ1v) is 11.2. The molecule has 0 saturated carbocycles. The molecule has 158 valence electrons. The highest BCUT2D eigenvalue weighted by molar-refractivity contribution is 7.89. The quantitative estimate of drug-likeness (QED) is 0.404. The van der Waals surface area contributed by atoms with Gasteiger partial charge in [0.15, 0.2) is 0 Å². The van der Waals surface area contributed by atoms with Crippen LogP contribution in [-0.2, 0) is 14.8 Å². The number of piperidine rings is 1. The molecule has 2 aromatic carbocycles. The molecule has 0 bridgehead atoms. The van der Waals surface area contributed by atoms with Gasteiger partial charge in [-0.05, 0) is 55.7 Å². The molecule has 7 nitrogen and oxygen atoms in total. The van der Waals surface area contributed by atoms with Crippen LogP contribution in [0.15, 0.2) is 59.0 Å². The number of esters is 1. The SMILES string of the molecule is Cc1ccc(S(=O)(=O)N2CCC(C(=O)Oc3ccc(C=C(C#N)C#N)cc3)CC2)cc1. The molecule has 8 heteroatoms. The Morgan fingerprint density at radius 3 is 2.16 bits per heavy atom. The molecule has 2 aromatic rings. The maximum Gasteiger partial charge on any atom is 0.314 e. The van der Waals surface area contributed by atoms with Crippen molar-refractivity contribution in [3.05, 3.63) is 65.2 Å². The average molecular weight is 436 g/mol. The third kappa shape index (κ3) is 5.37. The second-order valence-electron chi connectivity index (χ2n) is 7.26. The van der Waals surface area contributed by atoms with Crippen LogP contribution in [-0.4, -0.2) is 31.8 Å². The molecule has 0 N–H and O–H groups in total. The van der Waals surface area contributed by atoms with Crippen molar-refractivity contribution < 1.29 is 17.9 Å². The molecule has 0 aromatic heterocycles. The largest absolute Gasteiger partial charge is 0.426 e. The molecule has 1 fully saturated rings. The van der Waals surface area contributed by atoms with Crippen molar-refractivity contribution in [3.63, 3.8) is 0 Å². The Hall–Kier alpha value is -3.46. The summed E-state index contributed by atoms with van der Waals surface area (Å²) in [5, 5.41) is 17.6. The summed E-state index contributed by atoms with van der Waals surface area (Å²) in [6.45, 7) is 2.41. The molecule has 1 aliphatic rings. The van der Waals surface area contributed by atoms with E-state index in [-0.39, 0.29) is 29.5 Å². The summed E-state index contributed by atoms with van der Waals surface area (Å²) in [5.74, 6) is -0.425. The van der Waals surface area contributed by atoms with Crippen LogP contribution in [0.1, 0.15) is 24.0 Å². The Bertz CT molecular complexity index is 1150. The summed E-state index contributed by atoms with van der Waals surface area (Å²) in [6, 6.07) is 16.8. The molecule has 31 heavy (non-hydrogen) atoms. The van der Waals surface area contributed by atoms with Gasteiger partial charge in [-0.1, -0.05) is 29.8 Å². The van der Waals surface area contributed by atoms with Crippen LogP contribution in [0.5, 0.6) is 5.75 Å². The number of rotatable bonds is 5. The first-order chi connectivity index (χ1) is 14.8. The van der Waals surface area contributed by atoms with Gasteiger partial charge in [0.25, 0.3) is 0 Å². The summed E-state index contributed by atoms with van der Waals surface area (Å²) >= 11 is 0. The number of nitrogens with zero attached hydrogens (tertiary/aromatic N) is 3. The number of ether oxygens (including phenoxy) is 1. The number of nitriles is 2. The van der Waals surface area contributed by atoms with Gasteiger partial charge in [0.1, 0.15) is 23.5 Å². The van der Waals surface area contributed by atoms with Gasteiger partial charge in [0.05, 0.1) is 10.8 Å². The smallest absolute Gasteiger partial charge is 0.314 e. The van der Waals surface area contributed by atoms with E-state index in [1.807, 2.05) is 6.92 Å². The fourth-order valence-corrected chi connectivity index (χ4v) is 4.75. The molecule has 0 atom stereocenters. The fraction of sp³-hybridized carbons (Fsp3) is 0.261.